The lowest BCUT2D eigenvalue weighted by Crippen LogP contribution is -3.17. The molecule has 1 amide bonds. The van der Waals surface area contributed by atoms with Gasteiger partial charge in [0.15, 0.2) is 6.04 Å². The molecule has 0 radical (unpaired) electrons. The minimum absolute atomic E-state index is 0.0417. The third-order valence-electron chi connectivity index (χ3n) is 4.35. The first-order valence-electron chi connectivity index (χ1n) is 7.83. The van der Waals surface area contributed by atoms with Gasteiger partial charge in [0.25, 0.3) is 5.91 Å². The van der Waals surface area contributed by atoms with Crippen LogP contribution < -0.4 is 10.2 Å². The van der Waals surface area contributed by atoms with Crippen LogP contribution in [0.5, 0.6) is 0 Å². The van der Waals surface area contributed by atoms with Crippen LogP contribution in [0.4, 0.5) is 5.69 Å². The molecule has 20 heavy (non-hydrogen) atoms. The summed E-state index contributed by atoms with van der Waals surface area (Å²) in [4.78, 5) is 13.7. The van der Waals surface area contributed by atoms with Crippen LogP contribution in [0.1, 0.15) is 51.5 Å². The lowest BCUT2D eigenvalue weighted by atomic mass is 10.0. The number of carbonyl (C=O) groups excluding carboxylic acids is 1. The van der Waals surface area contributed by atoms with Crippen LogP contribution in [0.3, 0.4) is 0 Å². The van der Waals surface area contributed by atoms with Gasteiger partial charge < -0.3 is 10.2 Å². The van der Waals surface area contributed by atoms with Crippen LogP contribution in [0.25, 0.3) is 0 Å². The van der Waals surface area contributed by atoms with E-state index < -0.39 is 0 Å². The van der Waals surface area contributed by atoms with Gasteiger partial charge in [-0.25, -0.2) is 0 Å². The van der Waals surface area contributed by atoms with Crippen molar-refractivity contribution in [3.05, 3.63) is 29.8 Å². The molecule has 1 atom stereocenters. The molecule has 0 aliphatic carbocycles. The van der Waals surface area contributed by atoms with Gasteiger partial charge in [0.1, 0.15) is 0 Å². The van der Waals surface area contributed by atoms with Crippen molar-refractivity contribution in [2.45, 2.75) is 52.0 Å². The highest BCUT2D eigenvalue weighted by Gasteiger charge is 2.26. The number of rotatable bonds is 4. The summed E-state index contributed by atoms with van der Waals surface area (Å²) in [6.07, 6.45) is 3.81. The van der Waals surface area contributed by atoms with Crippen molar-refractivity contribution in [3.8, 4) is 0 Å². The third-order valence-corrected chi connectivity index (χ3v) is 4.35. The maximum atomic E-state index is 12.3. The first-order chi connectivity index (χ1) is 9.58. The first-order valence-corrected chi connectivity index (χ1v) is 7.83. The van der Waals surface area contributed by atoms with Crippen molar-refractivity contribution in [2.75, 3.05) is 18.4 Å². The van der Waals surface area contributed by atoms with Gasteiger partial charge in [-0.15, -0.1) is 0 Å². The number of hydrogen-bond donors (Lipinski definition) is 2. The second kappa shape index (κ2) is 6.89. The zero-order valence-electron chi connectivity index (χ0n) is 12.9. The summed E-state index contributed by atoms with van der Waals surface area (Å²) in [5.74, 6) is 0.663. The number of benzene rings is 1. The molecule has 1 saturated heterocycles. The quantitative estimate of drug-likeness (QED) is 0.868. The molecule has 0 bridgehead atoms. The minimum atomic E-state index is 0.0417. The molecule has 1 fully saturated rings. The zero-order valence-corrected chi connectivity index (χ0v) is 12.9. The molecule has 0 spiro atoms. The van der Waals surface area contributed by atoms with Crippen LogP contribution in [0.2, 0.25) is 0 Å². The second-order valence-corrected chi connectivity index (χ2v) is 6.21. The SMILES string of the molecule is CC(C)c1ccc(NC(=O)[C@@H](C)[NH+]2CCCCC2)cc1. The Morgan fingerprint density at radius 3 is 2.20 bits per heavy atom. The number of nitrogens with one attached hydrogen (secondary N) is 2. The Morgan fingerprint density at radius 1 is 1.05 bits per heavy atom. The molecule has 0 unspecified atom stereocenters. The highest BCUT2D eigenvalue weighted by atomic mass is 16.2. The summed E-state index contributed by atoms with van der Waals surface area (Å²) in [5, 5.41) is 3.05. The van der Waals surface area contributed by atoms with Crippen LogP contribution >= 0.6 is 0 Å². The fourth-order valence-corrected chi connectivity index (χ4v) is 2.83. The molecule has 1 heterocycles. The average Bonchev–Trinajstić information content (AvgIpc) is 2.48. The predicted molar refractivity (Wildman–Crippen MR) is 83.2 cm³/mol. The van der Waals surface area contributed by atoms with Gasteiger partial charge in [0.2, 0.25) is 0 Å². The zero-order chi connectivity index (χ0) is 14.5. The Bertz CT molecular complexity index is 433. The Morgan fingerprint density at radius 2 is 1.65 bits per heavy atom. The number of anilines is 1. The minimum Gasteiger partial charge on any atom is -0.325 e. The summed E-state index contributed by atoms with van der Waals surface area (Å²) in [6, 6.07) is 8.24. The van der Waals surface area contributed by atoms with Crippen molar-refractivity contribution in [1.29, 1.82) is 0 Å². The molecule has 1 aliphatic heterocycles. The van der Waals surface area contributed by atoms with Gasteiger partial charge in [-0.3, -0.25) is 4.79 Å². The summed E-state index contributed by atoms with van der Waals surface area (Å²) in [5.41, 5.74) is 2.21. The van der Waals surface area contributed by atoms with E-state index in [9.17, 15) is 4.79 Å². The number of amides is 1. The molecule has 2 N–H and O–H groups in total. The molecule has 110 valence electrons. The number of hydrogen-bond acceptors (Lipinski definition) is 1. The molecule has 0 saturated carbocycles. The molecule has 1 aromatic rings. The Labute approximate surface area is 122 Å². The maximum absolute atomic E-state index is 12.3. The molecular formula is C17H27N2O+. The van der Waals surface area contributed by atoms with E-state index in [1.807, 2.05) is 19.1 Å². The lowest BCUT2D eigenvalue weighted by Gasteiger charge is -2.28. The van der Waals surface area contributed by atoms with Crippen molar-refractivity contribution in [2.24, 2.45) is 0 Å². The summed E-state index contributed by atoms with van der Waals surface area (Å²) in [6.45, 7) is 8.64. The summed E-state index contributed by atoms with van der Waals surface area (Å²) < 4.78 is 0. The van der Waals surface area contributed by atoms with E-state index in [4.69, 9.17) is 0 Å². The maximum Gasteiger partial charge on any atom is 0.282 e. The van der Waals surface area contributed by atoms with Crippen molar-refractivity contribution in [3.63, 3.8) is 0 Å². The largest absolute Gasteiger partial charge is 0.325 e. The third kappa shape index (κ3) is 3.83. The van der Waals surface area contributed by atoms with E-state index >= 15 is 0 Å². The standard InChI is InChI=1S/C17H26N2O/c1-13(2)15-7-9-16(10-8-15)18-17(20)14(3)19-11-5-4-6-12-19/h7-10,13-14H,4-6,11-12H2,1-3H3,(H,18,20)/p+1/t14-/m1/s1. The van der Waals surface area contributed by atoms with Gasteiger partial charge in [-0.05, 0) is 49.8 Å². The van der Waals surface area contributed by atoms with E-state index in [0.29, 0.717) is 5.92 Å². The van der Waals surface area contributed by atoms with Crippen molar-refractivity contribution < 1.29 is 9.69 Å². The first kappa shape index (κ1) is 15.0. The van der Waals surface area contributed by atoms with Gasteiger partial charge in [0.05, 0.1) is 13.1 Å². The van der Waals surface area contributed by atoms with E-state index in [1.165, 1.54) is 29.7 Å². The number of likely N-dealkylation sites (tertiary alicyclic amines) is 1. The van der Waals surface area contributed by atoms with Gasteiger partial charge in [0, 0.05) is 5.69 Å². The van der Waals surface area contributed by atoms with Gasteiger partial charge >= 0.3 is 0 Å². The highest BCUT2D eigenvalue weighted by molar-refractivity contribution is 5.93. The second-order valence-electron chi connectivity index (χ2n) is 6.21. The van der Waals surface area contributed by atoms with Crippen LogP contribution in [0.15, 0.2) is 24.3 Å². The highest BCUT2D eigenvalue weighted by Crippen LogP contribution is 2.17. The fourth-order valence-electron chi connectivity index (χ4n) is 2.83. The predicted octanol–water partition coefficient (Wildman–Crippen LogP) is 2.21. The van der Waals surface area contributed by atoms with Crippen LogP contribution in [0, 0.1) is 0 Å². The monoisotopic (exact) mass is 275 g/mol. The van der Waals surface area contributed by atoms with E-state index in [0.717, 1.165) is 18.8 Å². The van der Waals surface area contributed by atoms with Crippen LogP contribution in [-0.2, 0) is 4.79 Å². The van der Waals surface area contributed by atoms with E-state index in [-0.39, 0.29) is 11.9 Å². The molecular weight excluding hydrogens is 248 g/mol. The number of carbonyl (C=O) groups is 1. The van der Waals surface area contributed by atoms with Crippen molar-refractivity contribution in [1.82, 2.24) is 0 Å². The van der Waals surface area contributed by atoms with E-state index in [2.05, 4.69) is 31.3 Å². The normalized spacial score (nSPS) is 18.0. The Kier molecular flexibility index (Phi) is 5.18. The molecule has 3 heteroatoms. The van der Waals surface area contributed by atoms with Gasteiger partial charge in [-0.1, -0.05) is 26.0 Å². The van der Waals surface area contributed by atoms with Crippen LogP contribution in [-0.4, -0.2) is 25.0 Å². The molecule has 1 aromatic carbocycles. The number of piperidine rings is 1. The molecule has 2 rings (SSSR count). The summed E-state index contributed by atoms with van der Waals surface area (Å²) in [7, 11) is 0. The Balaban J connectivity index is 1.92. The number of quaternary nitrogens is 1. The average molecular weight is 275 g/mol. The molecule has 1 aliphatic rings. The van der Waals surface area contributed by atoms with Crippen molar-refractivity contribution >= 4 is 11.6 Å². The molecule has 3 nitrogen and oxygen atoms in total. The smallest absolute Gasteiger partial charge is 0.282 e. The molecule has 0 aromatic heterocycles. The summed E-state index contributed by atoms with van der Waals surface area (Å²) >= 11 is 0. The van der Waals surface area contributed by atoms with E-state index in [1.54, 1.807) is 0 Å². The van der Waals surface area contributed by atoms with Gasteiger partial charge in [-0.2, -0.15) is 0 Å². The Hall–Kier alpha value is -1.35. The topological polar surface area (TPSA) is 33.5 Å². The fraction of sp³-hybridized carbons (Fsp3) is 0.588. The lowest BCUT2D eigenvalue weighted by molar-refractivity contribution is -0.918.